The maximum absolute atomic E-state index is 12.1. The van der Waals surface area contributed by atoms with E-state index in [1.165, 1.54) is 6.92 Å². The van der Waals surface area contributed by atoms with Gasteiger partial charge in [0.2, 0.25) is 5.91 Å². The molecule has 0 spiro atoms. The van der Waals surface area contributed by atoms with Crippen LogP contribution in [0.2, 0.25) is 0 Å². The lowest BCUT2D eigenvalue weighted by molar-refractivity contribution is -0.114. The predicted molar refractivity (Wildman–Crippen MR) is 84.9 cm³/mol. The van der Waals surface area contributed by atoms with Gasteiger partial charge in [-0.1, -0.05) is 18.2 Å². The second-order valence-electron chi connectivity index (χ2n) is 4.75. The first kappa shape index (κ1) is 15.6. The molecule has 2 aromatic rings. The number of anilines is 1. The van der Waals surface area contributed by atoms with E-state index in [2.05, 4.69) is 10.6 Å². The van der Waals surface area contributed by atoms with Crippen LogP contribution in [0.25, 0.3) is 0 Å². The molecular weight excluding hydrogens is 280 g/mol. The first-order chi connectivity index (χ1) is 10.6. The number of amides is 2. The van der Waals surface area contributed by atoms with E-state index in [1.54, 1.807) is 31.4 Å². The topological polar surface area (TPSA) is 67.4 Å². The van der Waals surface area contributed by atoms with Crippen molar-refractivity contribution in [3.05, 3.63) is 59.7 Å². The molecule has 0 aromatic heterocycles. The van der Waals surface area contributed by atoms with E-state index in [-0.39, 0.29) is 11.8 Å². The summed E-state index contributed by atoms with van der Waals surface area (Å²) in [4.78, 5) is 23.1. The molecule has 0 unspecified atom stereocenters. The van der Waals surface area contributed by atoms with Crippen molar-refractivity contribution in [3.63, 3.8) is 0 Å². The predicted octanol–water partition coefficient (Wildman–Crippen LogP) is 2.58. The Morgan fingerprint density at radius 2 is 1.73 bits per heavy atom. The number of benzene rings is 2. The summed E-state index contributed by atoms with van der Waals surface area (Å²) in [5, 5.41) is 5.50. The fourth-order valence-corrected chi connectivity index (χ4v) is 2.03. The Bertz CT molecular complexity index is 666. The zero-order valence-corrected chi connectivity index (χ0v) is 12.6. The molecule has 5 nitrogen and oxygen atoms in total. The second-order valence-corrected chi connectivity index (χ2v) is 4.75. The molecule has 0 aliphatic heterocycles. The molecule has 0 fully saturated rings. The van der Waals surface area contributed by atoms with Gasteiger partial charge in [0.15, 0.2) is 0 Å². The molecule has 0 aliphatic rings. The normalized spacial score (nSPS) is 9.91. The van der Waals surface area contributed by atoms with Gasteiger partial charge in [-0.2, -0.15) is 0 Å². The Morgan fingerprint density at radius 3 is 2.36 bits per heavy atom. The van der Waals surface area contributed by atoms with Crippen LogP contribution in [0.5, 0.6) is 5.75 Å². The number of hydrogen-bond acceptors (Lipinski definition) is 3. The van der Waals surface area contributed by atoms with Crippen LogP contribution >= 0.6 is 0 Å². The lowest BCUT2D eigenvalue weighted by atomic mass is 10.1. The highest BCUT2D eigenvalue weighted by Crippen LogP contribution is 2.17. The van der Waals surface area contributed by atoms with Crippen LogP contribution in [0.1, 0.15) is 22.8 Å². The molecule has 0 heterocycles. The Hall–Kier alpha value is -2.82. The Balaban J connectivity index is 1.98. The van der Waals surface area contributed by atoms with E-state index in [0.29, 0.717) is 17.8 Å². The van der Waals surface area contributed by atoms with Crippen LogP contribution in [0.15, 0.2) is 48.5 Å². The molecule has 0 atom stereocenters. The number of rotatable bonds is 5. The van der Waals surface area contributed by atoms with Crippen LogP contribution in [0.3, 0.4) is 0 Å². The highest BCUT2D eigenvalue weighted by molar-refractivity contribution is 5.95. The van der Waals surface area contributed by atoms with Crippen LogP contribution < -0.4 is 15.4 Å². The van der Waals surface area contributed by atoms with Gasteiger partial charge < -0.3 is 15.4 Å². The molecule has 2 amide bonds. The SMILES string of the molecule is COc1ccccc1CNC(=O)c1ccc(NC(C)=O)cc1. The maximum Gasteiger partial charge on any atom is 0.251 e. The summed E-state index contributed by atoms with van der Waals surface area (Å²) >= 11 is 0. The number of para-hydroxylation sites is 1. The zero-order chi connectivity index (χ0) is 15.9. The molecule has 0 bridgehead atoms. The number of ether oxygens (including phenoxy) is 1. The molecular formula is C17H18N2O3. The van der Waals surface area contributed by atoms with Crippen molar-refractivity contribution in [1.82, 2.24) is 5.32 Å². The highest BCUT2D eigenvalue weighted by atomic mass is 16.5. The molecule has 5 heteroatoms. The van der Waals surface area contributed by atoms with Crippen molar-refractivity contribution in [2.75, 3.05) is 12.4 Å². The number of carbonyl (C=O) groups is 2. The maximum atomic E-state index is 12.1. The van der Waals surface area contributed by atoms with Gasteiger partial charge in [0.25, 0.3) is 5.91 Å². The van der Waals surface area contributed by atoms with Crippen molar-refractivity contribution >= 4 is 17.5 Å². The van der Waals surface area contributed by atoms with E-state index in [1.807, 2.05) is 24.3 Å². The monoisotopic (exact) mass is 298 g/mol. The average Bonchev–Trinajstić information content (AvgIpc) is 2.53. The third-order valence-electron chi connectivity index (χ3n) is 3.10. The number of hydrogen-bond donors (Lipinski definition) is 2. The standard InChI is InChI=1S/C17H18N2O3/c1-12(20)19-15-9-7-13(8-10-15)17(21)18-11-14-5-3-4-6-16(14)22-2/h3-10H,11H2,1-2H3,(H,18,21)(H,19,20). The van der Waals surface area contributed by atoms with E-state index < -0.39 is 0 Å². The quantitative estimate of drug-likeness (QED) is 0.891. The lowest BCUT2D eigenvalue weighted by Crippen LogP contribution is -2.23. The summed E-state index contributed by atoms with van der Waals surface area (Å²) in [6, 6.07) is 14.3. The largest absolute Gasteiger partial charge is 0.496 e. The first-order valence-corrected chi connectivity index (χ1v) is 6.88. The van der Waals surface area contributed by atoms with Crippen molar-refractivity contribution < 1.29 is 14.3 Å². The van der Waals surface area contributed by atoms with Crippen LogP contribution in [0, 0.1) is 0 Å². The van der Waals surface area contributed by atoms with Gasteiger partial charge in [0.05, 0.1) is 7.11 Å². The summed E-state index contributed by atoms with van der Waals surface area (Å²) in [7, 11) is 1.60. The third kappa shape index (κ3) is 4.09. The van der Waals surface area contributed by atoms with Gasteiger partial charge in [0, 0.05) is 30.3 Å². The average molecular weight is 298 g/mol. The van der Waals surface area contributed by atoms with Gasteiger partial charge in [-0.25, -0.2) is 0 Å². The summed E-state index contributed by atoms with van der Waals surface area (Å²) < 4.78 is 5.24. The second kappa shape index (κ2) is 7.26. The van der Waals surface area contributed by atoms with E-state index >= 15 is 0 Å². The summed E-state index contributed by atoms with van der Waals surface area (Å²) in [5.41, 5.74) is 2.10. The van der Waals surface area contributed by atoms with Crippen molar-refractivity contribution in [3.8, 4) is 5.75 Å². The number of nitrogens with one attached hydrogen (secondary N) is 2. The molecule has 0 saturated carbocycles. The Labute approximate surface area is 129 Å². The van der Waals surface area contributed by atoms with Crippen LogP contribution in [-0.4, -0.2) is 18.9 Å². The fraction of sp³-hybridized carbons (Fsp3) is 0.176. The van der Waals surface area contributed by atoms with Gasteiger partial charge in [-0.15, -0.1) is 0 Å². The van der Waals surface area contributed by atoms with Crippen molar-refractivity contribution in [2.24, 2.45) is 0 Å². The molecule has 2 rings (SSSR count). The molecule has 0 saturated heterocycles. The van der Waals surface area contributed by atoms with E-state index in [0.717, 1.165) is 11.3 Å². The minimum Gasteiger partial charge on any atom is -0.496 e. The van der Waals surface area contributed by atoms with Crippen molar-refractivity contribution in [2.45, 2.75) is 13.5 Å². The highest BCUT2D eigenvalue weighted by Gasteiger charge is 2.07. The van der Waals surface area contributed by atoms with Gasteiger partial charge in [-0.3, -0.25) is 9.59 Å². The summed E-state index contributed by atoms with van der Waals surface area (Å²) in [6.45, 7) is 1.82. The van der Waals surface area contributed by atoms with Crippen LogP contribution in [0.4, 0.5) is 5.69 Å². The molecule has 2 N–H and O–H groups in total. The van der Waals surface area contributed by atoms with Gasteiger partial charge in [0.1, 0.15) is 5.75 Å². The van der Waals surface area contributed by atoms with Crippen molar-refractivity contribution in [1.29, 1.82) is 0 Å². The van der Waals surface area contributed by atoms with E-state index in [9.17, 15) is 9.59 Å². The number of carbonyl (C=O) groups excluding carboxylic acids is 2. The zero-order valence-electron chi connectivity index (χ0n) is 12.6. The van der Waals surface area contributed by atoms with E-state index in [4.69, 9.17) is 4.74 Å². The molecule has 2 aromatic carbocycles. The van der Waals surface area contributed by atoms with Gasteiger partial charge in [-0.05, 0) is 30.3 Å². The number of methoxy groups -OCH3 is 1. The van der Waals surface area contributed by atoms with Crippen LogP contribution in [-0.2, 0) is 11.3 Å². The minimum absolute atomic E-state index is 0.145. The smallest absolute Gasteiger partial charge is 0.251 e. The molecule has 0 radical (unpaired) electrons. The minimum atomic E-state index is -0.180. The molecule has 22 heavy (non-hydrogen) atoms. The summed E-state index contributed by atoms with van der Waals surface area (Å²) in [6.07, 6.45) is 0. The molecule has 0 aliphatic carbocycles. The Morgan fingerprint density at radius 1 is 1.05 bits per heavy atom. The summed E-state index contributed by atoms with van der Waals surface area (Å²) in [5.74, 6) is 0.414. The van der Waals surface area contributed by atoms with Gasteiger partial charge >= 0.3 is 0 Å². The fourth-order valence-electron chi connectivity index (χ4n) is 2.03. The third-order valence-corrected chi connectivity index (χ3v) is 3.10. The lowest BCUT2D eigenvalue weighted by Gasteiger charge is -2.10. The molecule has 114 valence electrons. The first-order valence-electron chi connectivity index (χ1n) is 6.88. The Kier molecular flexibility index (Phi) is 5.14.